The first-order valence-electron chi connectivity index (χ1n) is 14.3. The van der Waals surface area contributed by atoms with Crippen molar-refractivity contribution < 1.29 is 9.15 Å². The van der Waals surface area contributed by atoms with Gasteiger partial charge in [-0.05, 0) is 55.8 Å². The summed E-state index contributed by atoms with van der Waals surface area (Å²) < 4.78 is 12.5. The number of nitrogens with one attached hydrogen (secondary N) is 2. The van der Waals surface area contributed by atoms with E-state index in [-0.39, 0.29) is 0 Å². The van der Waals surface area contributed by atoms with Gasteiger partial charge in [0.15, 0.2) is 0 Å². The Kier molecular flexibility index (Phi) is 8.24. The van der Waals surface area contributed by atoms with Crippen LogP contribution in [-0.2, 0) is 0 Å². The van der Waals surface area contributed by atoms with E-state index in [9.17, 15) is 5.26 Å². The molecule has 0 bridgehead atoms. The fourth-order valence-electron chi connectivity index (χ4n) is 5.69. The summed E-state index contributed by atoms with van der Waals surface area (Å²) in [6.45, 7) is 9.69. The lowest BCUT2D eigenvalue weighted by atomic mass is 9.97. The average Bonchev–Trinajstić information content (AvgIpc) is 3.67. The van der Waals surface area contributed by atoms with Crippen LogP contribution in [0, 0.1) is 11.3 Å². The van der Waals surface area contributed by atoms with E-state index in [1.54, 1.807) is 6.20 Å². The number of likely N-dealkylation sites (tertiary alicyclic amines) is 1. The standard InChI is InChI=1S/C32H36N6O2/c33-22-26-23-36-32-29(30(26)35-14-19-38-17-12-34-13-18-38)28(24-6-2-1-3-7-24)31(40-32)25-8-10-27(11-9-25)39-21-20-37-15-4-5-16-37/h1-3,6-11,23,34H,4-5,12-21H2,(H,35,36). The van der Waals surface area contributed by atoms with E-state index >= 15 is 0 Å². The predicted molar refractivity (Wildman–Crippen MR) is 159 cm³/mol. The number of ether oxygens (including phenoxy) is 1. The highest BCUT2D eigenvalue weighted by atomic mass is 16.5. The van der Waals surface area contributed by atoms with E-state index in [0.717, 1.165) is 85.1 Å². The van der Waals surface area contributed by atoms with Crippen LogP contribution in [0.2, 0.25) is 0 Å². The van der Waals surface area contributed by atoms with Crippen LogP contribution < -0.4 is 15.4 Å². The topological polar surface area (TPSA) is 89.6 Å². The van der Waals surface area contributed by atoms with Crippen LogP contribution in [0.25, 0.3) is 33.6 Å². The molecule has 2 aromatic carbocycles. The van der Waals surface area contributed by atoms with Crippen molar-refractivity contribution in [3.63, 3.8) is 0 Å². The van der Waals surface area contributed by atoms with E-state index in [0.29, 0.717) is 17.9 Å². The first-order valence-corrected chi connectivity index (χ1v) is 14.3. The second kappa shape index (κ2) is 12.5. The predicted octanol–water partition coefficient (Wildman–Crippen LogP) is 4.83. The van der Waals surface area contributed by atoms with Crippen molar-refractivity contribution in [2.75, 3.05) is 70.8 Å². The molecule has 2 N–H and O–H groups in total. The number of pyridine rings is 1. The third-order valence-electron chi connectivity index (χ3n) is 7.83. The fraction of sp³-hybridized carbons (Fsp3) is 0.375. The van der Waals surface area contributed by atoms with Crippen molar-refractivity contribution in [3.05, 3.63) is 66.4 Å². The van der Waals surface area contributed by atoms with E-state index in [4.69, 9.17) is 9.15 Å². The van der Waals surface area contributed by atoms with Crippen LogP contribution in [0.5, 0.6) is 5.75 Å². The molecular formula is C32H36N6O2. The van der Waals surface area contributed by atoms with Crippen molar-refractivity contribution in [2.45, 2.75) is 12.8 Å². The van der Waals surface area contributed by atoms with Gasteiger partial charge in [0, 0.05) is 56.9 Å². The molecule has 2 aliphatic heterocycles. The summed E-state index contributed by atoms with van der Waals surface area (Å²) in [5.74, 6) is 1.58. The van der Waals surface area contributed by atoms with Gasteiger partial charge >= 0.3 is 0 Å². The molecule has 4 heterocycles. The summed E-state index contributed by atoms with van der Waals surface area (Å²) in [6.07, 6.45) is 4.18. The number of nitrogens with zero attached hydrogens (tertiary/aromatic N) is 4. The summed E-state index contributed by atoms with van der Waals surface area (Å²) in [6, 6.07) is 20.6. The molecule has 2 aromatic heterocycles. The average molecular weight is 537 g/mol. The zero-order valence-electron chi connectivity index (χ0n) is 22.9. The Bertz CT molecular complexity index is 1450. The van der Waals surface area contributed by atoms with Gasteiger partial charge in [-0.25, -0.2) is 4.98 Å². The molecule has 6 rings (SSSR count). The highest BCUT2D eigenvalue weighted by molar-refractivity contribution is 6.08. The maximum absolute atomic E-state index is 9.99. The minimum Gasteiger partial charge on any atom is -0.492 e. The molecule has 0 unspecified atom stereocenters. The fourth-order valence-corrected chi connectivity index (χ4v) is 5.69. The van der Waals surface area contributed by atoms with Gasteiger partial charge in [-0.3, -0.25) is 9.80 Å². The number of piperazine rings is 1. The summed E-state index contributed by atoms with van der Waals surface area (Å²) in [7, 11) is 0. The first kappa shape index (κ1) is 26.3. The van der Waals surface area contributed by atoms with Crippen LogP contribution in [0.4, 0.5) is 5.69 Å². The molecule has 0 spiro atoms. The number of hydrogen-bond acceptors (Lipinski definition) is 8. The van der Waals surface area contributed by atoms with Crippen LogP contribution in [-0.4, -0.2) is 80.3 Å². The Hall–Kier alpha value is -3.90. The number of aromatic nitrogens is 1. The summed E-state index contributed by atoms with van der Waals surface area (Å²) in [5, 5.41) is 17.8. The molecular weight excluding hydrogens is 500 g/mol. The molecule has 8 nitrogen and oxygen atoms in total. The lowest BCUT2D eigenvalue weighted by Gasteiger charge is -2.27. The van der Waals surface area contributed by atoms with Crippen LogP contribution in [0.1, 0.15) is 18.4 Å². The number of benzene rings is 2. The molecule has 4 aromatic rings. The first-order chi connectivity index (χ1) is 19.8. The van der Waals surface area contributed by atoms with Crippen molar-refractivity contribution >= 4 is 16.8 Å². The molecule has 0 radical (unpaired) electrons. The van der Waals surface area contributed by atoms with Crippen molar-refractivity contribution in [2.24, 2.45) is 0 Å². The molecule has 2 saturated heterocycles. The Balaban J connectivity index is 1.31. The number of anilines is 1. The molecule has 0 saturated carbocycles. The number of hydrogen-bond donors (Lipinski definition) is 2. The largest absolute Gasteiger partial charge is 0.492 e. The van der Waals surface area contributed by atoms with Crippen LogP contribution in [0.3, 0.4) is 0 Å². The molecule has 206 valence electrons. The lowest BCUT2D eigenvalue weighted by molar-refractivity contribution is 0.238. The summed E-state index contributed by atoms with van der Waals surface area (Å²) in [4.78, 5) is 9.44. The van der Waals surface area contributed by atoms with Crippen molar-refractivity contribution in [1.82, 2.24) is 20.1 Å². The monoisotopic (exact) mass is 536 g/mol. The Morgan fingerprint density at radius 2 is 1.68 bits per heavy atom. The zero-order chi connectivity index (χ0) is 27.1. The molecule has 2 aliphatic rings. The molecule has 8 heteroatoms. The quantitative estimate of drug-likeness (QED) is 0.298. The number of furan rings is 1. The molecule has 40 heavy (non-hydrogen) atoms. The molecule has 0 aliphatic carbocycles. The third kappa shape index (κ3) is 5.82. The van der Waals surface area contributed by atoms with E-state index in [2.05, 4.69) is 43.6 Å². The van der Waals surface area contributed by atoms with E-state index in [1.807, 2.05) is 42.5 Å². The van der Waals surface area contributed by atoms with Gasteiger partial charge in [0.2, 0.25) is 5.71 Å². The smallest absolute Gasteiger partial charge is 0.229 e. The van der Waals surface area contributed by atoms with Gasteiger partial charge in [-0.2, -0.15) is 5.26 Å². The second-order valence-electron chi connectivity index (χ2n) is 10.5. The Morgan fingerprint density at radius 3 is 2.42 bits per heavy atom. The SMILES string of the molecule is N#Cc1cnc2oc(-c3ccc(OCCN4CCCC4)cc3)c(-c3ccccc3)c2c1NCCN1CCNCC1. The number of rotatable bonds is 10. The normalized spacial score (nSPS) is 16.3. The maximum atomic E-state index is 9.99. The second-order valence-corrected chi connectivity index (χ2v) is 10.5. The zero-order valence-corrected chi connectivity index (χ0v) is 22.9. The lowest BCUT2D eigenvalue weighted by Crippen LogP contribution is -2.45. The minimum absolute atomic E-state index is 0.513. The van der Waals surface area contributed by atoms with Gasteiger partial charge < -0.3 is 19.8 Å². The molecule has 0 atom stereocenters. The van der Waals surface area contributed by atoms with Crippen molar-refractivity contribution in [1.29, 1.82) is 5.26 Å². The van der Waals surface area contributed by atoms with Gasteiger partial charge in [-0.15, -0.1) is 0 Å². The van der Waals surface area contributed by atoms with Gasteiger partial charge in [0.1, 0.15) is 24.2 Å². The third-order valence-corrected chi connectivity index (χ3v) is 7.83. The van der Waals surface area contributed by atoms with Crippen molar-refractivity contribution in [3.8, 4) is 34.3 Å². The van der Waals surface area contributed by atoms with Crippen LogP contribution >= 0.6 is 0 Å². The minimum atomic E-state index is 0.513. The summed E-state index contributed by atoms with van der Waals surface area (Å²) >= 11 is 0. The van der Waals surface area contributed by atoms with E-state index in [1.165, 1.54) is 25.9 Å². The van der Waals surface area contributed by atoms with Crippen LogP contribution in [0.15, 0.2) is 65.2 Å². The highest BCUT2D eigenvalue weighted by Gasteiger charge is 2.23. The number of fused-ring (bicyclic) bond motifs is 1. The van der Waals surface area contributed by atoms with Gasteiger partial charge in [-0.1, -0.05) is 30.3 Å². The molecule has 0 amide bonds. The maximum Gasteiger partial charge on any atom is 0.229 e. The Morgan fingerprint density at radius 1 is 0.925 bits per heavy atom. The van der Waals surface area contributed by atoms with Gasteiger partial charge in [0.25, 0.3) is 0 Å². The van der Waals surface area contributed by atoms with Gasteiger partial charge in [0.05, 0.1) is 22.8 Å². The number of nitriles is 1. The molecule has 2 fully saturated rings. The van der Waals surface area contributed by atoms with E-state index < -0.39 is 0 Å². The summed E-state index contributed by atoms with van der Waals surface area (Å²) in [5.41, 5.74) is 4.70. The Labute approximate surface area is 235 Å². The highest BCUT2D eigenvalue weighted by Crippen LogP contribution is 2.44.